The first kappa shape index (κ1) is 19.2. The van der Waals surface area contributed by atoms with Crippen molar-refractivity contribution in [3.63, 3.8) is 0 Å². The van der Waals surface area contributed by atoms with Crippen LogP contribution in [0.2, 0.25) is 0 Å². The largest absolute Gasteiger partial charge is 0.466 e. The van der Waals surface area contributed by atoms with Crippen molar-refractivity contribution in [2.75, 3.05) is 6.61 Å². The van der Waals surface area contributed by atoms with Gasteiger partial charge in [0.1, 0.15) is 5.84 Å². The van der Waals surface area contributed by atoms with Crippen LogP contribution in [0.4, 0.5) is 0 Å². The van der Waals surface area contributed by atoms with E-state index in [2.05, 4.69) is 5.32 Å². The average molecular weight is 353 g/mol. The van der Waals surface area contributed by atoms with Crippen molar-refractivity contribution in [2.45, 2.75) is 26.3 Å². The number of nitrogen functional groups attached to an aromatic ring is 1. The maximum Gasteiger partial charge on any atom is 0.306 e. The maximum absolute atomic E-state index is 12.2. The quantitative estimate of drug-likeness (QED) is 0.385. The van der Waals surface area contributed by atoms with E-state index in [0.717, 1.165) is 11.1 Å². The van der Waals surface area contributed by atoms with Crippen molar-refractivity contribution in [2.24, 2.45) is 5.73 Å². The van der Waals surface area contributed by atoms with Crippen LogP contribution < -0.4 is 11.1 Å². The normalized spacial score (nSPS) is 10.2. The van der Waals surface area contributed by atoms with E-state index in [4.69, 9.17) is 15.9 Å². The molecule has 0 unspecified atom stereocenters. The Morgan fingerprint density at radius 3 is 2.38 bits per heavy atom. The van der Waals surface area contributed by atoms with Crippen molar-refractivity contribution in [1.82, 2.24) is 5.32 Å². The Morgan fingerprint density at radius 2 is 1.73 bits per heavy atom. The number of rotatable bonds is 8. The van der Waals surface area contributed by atoms with Crippen molar-refractivity contribution in [1.29, 1.82) is 5.41 Å². The SMILES string of the molecule is CCOC(=O)CCc1ccc(CNC(=O)c2cccc(C(=N)N)c2)cc1. The topological polar surface area (TPSA) is 105 Å². The molecule has 0 saturated heterocycles. The number of amides is 1. The molecule has 26 heavy (non-hydrogen) atoms. The van der Waals surface area contributed by atoms with Gasteiger partial charge in [-0.15, -0.1) is 0 Å². The fourth-order valence-electron chi connectivity index (χ4n) is 2.42. The highest BCUT2D eigenvalue weighted by molar-refractivity contribution is 5.99. The van der Waals surface area contributed by atoms with Crippen molar-refractivity contribution in [3.8, 4) is 0 Å². The van der Waals surface area contributed by atoms with Gasteiger partial charge in [-0.05, 0) is 36.6 Å². The Hall–Kier alpha value is -3.15. The van der Waals surface area contributed by atoms with E-state index in [0.29, 0.717) is 37.1 Å². The molecule has 6 heteroatoms. The number of carbonyl (C=O) groups is 2. The molecular formula is C20H23N3O3. The number of hydrogen-bond acceptors (Lipinski definition) is 4. The first-order valence-corrected chi connectivity index (χ1v) is 8.45. The van der Waals surface area contributed by atoms with E-state index in [9.17, 15) is 9.59 Å². The second-order valence-electron chi connectivity index (χ2n) is 5.80. The second kappa shape index (κ2) is 9.36. The van der Waals surface area contributed by atoms with Gasteiger partial charge in [0, 0.05) is 24.1 Å². The van der Waals surface area contributed by atoms with Gasteiger partial charge in [-0.2, -0.15) is 0 Å². The predicted molar refractivity (Wildman–Crippen MR) is 100 cm³/mol. The number of nitrogens with one attached hydrogen (secondary N) is 2. The fraction of sp³-hybridized carbons (Fsp3) is 0.250. The minimum absolute atomic E-state index is 0.0712. The van der Waals surface area contributed by atoms with E-state index < -0.39 is 0 Å². The molecule has 0 saturated carbocycles. The third-order valence-corrected chi connectivity index (χ3v) is 3.83. The van der Waals surface area contributed by atoms with Crippen molar-refractivity contribution >= 4 is 17.7 Å². The molecule has 0 atom stereocenters. The van der Waals surface area contributed by atoms with Crippen molar-refractivity contribution in [3.05, 3.63) is 70.8 Å². The molecule has 0 aromatic heterocycles. The summed E-state index contributed by atoms with van der Waals surface area (Å²) in [6.45, 7) is 2.57. The third-order valence-electron chi connectivity index (χ3n) is 3.83. The molecule has 0 bridgehead atoms. The summed E-state index contributed by atoms with van der Waals surface area (Å²) in [5.74, 6) is -0.492. The Balaban J connectivity index is 1.87. The van der Waals surface area contributed by atoms with Crippen LogP contribution in [0.3, 0.4) is 0 Å². The summed E-state index contributed by atoms with van der Waals surface area (Å²) in [7, 11) is 0. The molecule has 0 spiro atoms. The smallest absolute Gasteiger partial charge is 0.306 e. The van der Waals surface area contributed by atoms with E-state index in [1.807, 2.05) is 24.3 Å². The number of benzene rings is 2. The lowest BCUT2D eigenvalue weighted by atomic mass is 10.1. The van der Waals surface area contributed by atoms with Crippen LogP contribution in [-0.2, 0) is 22.5 Å². The summed E-state index contributed by atoms with van der Waals surface area (Å²) in [6.07, 6.45) is 0.986. The maximum atomic E-state index is 12.2. The lowest BCUT2D eigenvalue weighted by Gasteiger charge is -2.08. The van der Waals surface area contributed by atoms with Crippen LogP contribution >= 0.6 is 0 Å². The van der Waals surface area contributed by atoms with Gasteiger partial charge >= 0.3 is 5.97 Å². The molecule has 4 N–H and O–H groups in total. The number of nitrogens with two attached hydrogens (primary N) is 1. The molecule has 6 nitrogen and oxygen atoms in total. The first-order chi connectivity index (χ1) is 12.5. The number of esters is 1. The second-order valence-corrected chi connectivity index (χ2v) is 5.80. The molecule has 1 amide bonds. The van der Waals surface area contributed by atoms with Crippen LogP contribution in [0.25, 0.3) is 0 Å². The van der Waals surface area contributed by atoms with E-state index in [-0.39, 0.29) is 17.7 Å². The monoisotopic (exact) mass is 353 g/mol. The fourth-order valence-corrected chi connectivity index (χ4v) is 2.42. The van der Waals surface area contributed by atoms with Gasteiger partial charge in [0.25, 0.3) is 5.91 Å². The molecule has 0 aliphatic carbocycles. The highest BCUT2D eigenvalue weighted by atomic mass is 16.5. The minimum atomic E-state index is -0.223. The molecule has 2 rings (SSSR count). The molecule has 0 fully saturated rings. The zero-order valence-electron chi connectivity index (χ0n) is 14.7. The lowest BCUT2D eigenvalue weighted by Crippen LogP contribution is -2.23. The van der Waals surface area contributed by atoms with Crippen LogP contribution in [0.5, 0.6) is 0 Å². The van der Waals surface area contributed by atoms with Gasteiger partial charge in [-0.3, -0.25) is 15.0 Å². The summed E-state index contributed by atoms with van der Waals surface area (Å²) in [4.78, 5) is 23.6. The Kier molecular flexibility index (Phi) is 6.91. The molecule has 2 aromatic rings. The van der Waals surface area contributed by atoms with E-state index in [1.54, 1.807) is 31.2 Å². The third kappa shape index (κ3) is 5.73. The van der Waals surface area contributed by atoms with Gasteiger partial charge in [-0.1, -0.05) is 36.4 Å². The van der Waals surface area contributed by atoms with Crippen LogP contribution in [0, 0.1) is 5.41 Å². The molecule has 0 heterocycles. The number of hydrogen-bond donors (Lipinski definition) is 3. The molecule has 2 aromatic carbocycles. The predicted octanol–water partition coefficient (Wildman–Crippen LogP) is 2.40. The number of carbonyl (C=O) groups excluding carboxylic acids is 2. The zero-order valence-corrected chi connectivity index (χ0v) is 14.7. The molecule has 0 aliphatic heterocycles. The summed E-state index contributed by atoms with van der Waals surface area (Å²) in [5, 5.41) is 10.3. The number of amidine groups is 1. The van der Waals surface area contributed by atoms with Gasteiger partial charge in [0.2, 0.25) is 0 Å². The summed E-state index contributed by atoms with van der Waals surface area (Å²) in [6, 6.07) is 14.4. The first-order valence-electron chi connectivity index (χ1n) is 8.45. The minimum Gasteiger partial charge on any atom is -0.466 e. The van der Waals surface area contributed by atoms with E-state index in [1.165, 1.54) is 0 Å². The average Bonchev–Trinajstić information content (AvgIpc) is 2.65. The summed E-state index contributed by atoms with van der Waals surface area (Å²) < 4.78 is 4.91. The molecule has 136 valence electrons. The highest BCUT2D eigenvalue weighted by Crippen LogP contribution is 2.09. The van der Waals surface area contributed by atoms with Gasteiger partial charge in [-0.25, -0.2) is 0 Å². The van der Waals surface area contributed by atoms with Gasteiger partial charge < -0.3 is 15.8 Å². The van der Waals surface area contributed by atoms with Crippen LogP contribution in [-0.4, -0.2) is 24.3 Å². The Labute approximate surface area is 152 Å². The Morgan fingerprint density at radius 1 is 1.08 bits per heavy atom. The molecule has 0 radical (unpaired) electrons. The Bertz CT molecular complexity index is 785. The summed E-state index contributed by atoms with van der Waals surface area (Å²) in [5.41, 5.74) is 8.43. The molecule has 0 aliphatic rings. The highest BCUT2D eigenvalue weighted by Gasteiger charge is 2.07. The van der Waals surface area contributed by atoms with Gasteiger partial charge in [0.15, 0.2) is 0 Å². The van der Waals surface area contributed by atoms with Crippen LogP contribution in [0.15, 0.2) is 48.5 Å². The van der Waals surface area contributed by atoms with Gasteiger partial charge in [0.05, 0.1) is 6.61 Å². The number of ether oxygens (including phenoxy) is 1. The lowest BCUT2D eigenvalue weighted by molar-refractivity contribution is -0.143. The number of aryl methyl sites for hydroxylation is 1. The molecular weight excluding hydrogens is 330 g/mol. The van der Waals surface area contributed by atoms with Crippen LogP contribution in [0.1, 0.15) is 40.4 Å². The zero-order chi connectivity index (χ0) is 18.9. The van der Waals surface area contributed by atoms with Crippen molar-refractivity contribution < 1.29 is 14.3 Å². The van der Waals surface area contributed by atoms with E-state index >= 15 is 0 Å². The summed E-state index contributed by atoms with van der Waals surface area (Å²) >= 11 is 0. The standard InChI is InChI=1S/C20H23N3O3/c1-2-26-18(24)11-10-14-6-8-15(9-7-14)13-23-20(25)17-5-3-4-16(12-17)19(21)22/h3-9,12H,2,10-11,13H2,1H3,(H3,21,22)(H,23,25).